The van der Waals surface area contributed by atoms with Crippen LogP contribution in [0.25, 0.3) is 0 Å². The molecule has 1 saturated heterocycles. The van der Waals surface area contributed by atoms with Crippen LogP contribution in [0.4, 0.5) is 11.5 Å². The Morgan fingerprint density at radius 1 is 1.19 bits per heavy atom. The minimum Gasteiger partial charge on any atom is -0.368 e. The van der Waals surface area contributed by atoms with Crippen LogP contribution < -0.4 is 19.7 Å². The highest BCUT2D eigenvalue weighted by Gasteiger charge is 2.25. The van der Waals surface area contributed by atoms with Crippen LogP contribution in [0.1, 0.15) is 41.5 Å². The summed E-state index contributed by atoms with van der Waals surface area (Å²) in [5, 5.41) is 3.01. The van der Waals surface area contributed by atoms with Crippen LogP contribution in [-0.4, -0.2) is 59.5 Å². The van der Waals surface area contributed by atoms with E-state index >= 15 is 0 Å². The van der Waals surface area contributed by atoms with E-state index in [1.807, 2.05) is 25.3 Å². The van der Waals surface area contributed by atoms with E-state index in [1.165, 1.54) is 17.7 Å². The lowest BCUT2D eigenvalue weighted by Crippen LogP contribution is -2.46. The van der Waals surface area contributed by atoms with Crippen molar-refractivity contribution in [2.45, 2.75) is 39.3 Å². The molecule has 166 valence electrons. The molecule has 0 bridgehead atoms. The number of amides is 1. The zero-order valence-electron chi connectivity index (χ0n) is 18.2. The topological polar surface area (TPSA) is 85.4 Å². The van der Waals surface area contributed by atoms with Gasteiger partial charge in [-0.05, 0) is 49.6 Å². The highest BCUT2D eigenvalue weighted by molar-refractivity contribution is 7.98. The van der Waals surface area contributed by atoms with E-state index < -0.39 is 0 Å². The number of carbonyl (C=O) groups excluding carboxylic acids is 1. The Hall–Kier alpha value is -2.36. The first kappa shape index (κ1) is 21.9. The summed E-state index contributed by atoms with van der Waals surface area (Å²) >= 11 is 1.46. The number of aryl methyl sites for hydroxylation is 1. The highest BCUT2D eigenvalue weighted by Crippen LogP contribution is 2.23. The molecule has 2 fully saturated rings. The van der Waals surface area contributed by atoms with Gasteiger partial charge in [-0.2, -0.15) is 0 Å². The largest absolute Gasteiger partial charge is 0.368 e. The monoisotopic (exact) mass is 441 g/mol. The Balaban J connectivity index is 1.29. The van der Waals surface area contributed by atoms with Gasteiger partial charge in [0.15, 0.2) is 0 Å². The van der Waals surface area contributed by atoms with Crippen LogP contribution in [0.15, 0.2) is 30.5 Å². The molecule has 3 N–H and O–H groups in total. The zero-order chi connectivity index (χ0) is 21.6. The summed E-state index contributed by atoms with van der Waals surface area (Å²) in [6.45, 7) is 9.73. The third-order valence-corrected chi connectivity index (χ3v) is 6.26. The van der Waals surface area contributed by atoms with Crippen molar-refractivity contribution in [1.82, 2.24) is 24.9 Å². The van der Waals surface area contributed by atoms with Gasteiger partial charge in [-0.15, -0.1) is 0 Å². The van der Waals surface area contributed by atoms with E-state index in [-0.39, 0.29) is 5.91 Å². The fourth-order valence-corrected chi connectivity index (χ4v) is 4.13. The molecule has 1 aliphatic carbocycles. The summed E-state index contributed by atoms with van der Waals surface area (Å²) in [6.07, 6.45) is 4.02. The molecule has 0 atom stereocenters. The van der Waals surface area contributed by atoms with Gasteiger partial charge in [0.25, 0.3) is 5.91 Å². The van der Waals surface area contributed by atoms with Crippen molar-refractivity contribution in [1.29, 1.82) is 0 Å². The van der Waals surface area contributed by atoms with Crippen LogP contribution in [-0.2, 0) is 6.54 Å². The molecule has 4 rings (SSSR count). The van der Waals surface area contributed by atoms with Gasteiger partial charge in [0, 0.05) is 63.6 Å². The Morgan fingerprint density at radius 2 is 2.00 bits per heavy atom. The summed E-state index contributed by atoms with van der Waals surface area (Å²) in [6, 6.07) is 8.43. The Morgan fingerprint density at radius 3 is 2.71 bits per heavy atom. The molecular formula is C22H31N7OS. The summed E-state index contributed by atoms with van der Waals surface area (Å²) < 4.78 is 6.38. The van der Waals surface area contributed by atoms with E-state index in [0.29, 0.717) is 11.7 Å². The van der Waals surface area contributed by atoms with Gasteiger partial charge in [0.05, 0.1) is 11.4 Å². The van der Waals surface area contributed by atoms with Crippen molar-refractivity contribution in [3.05, 3.63) is 47.4 Å². The van der Waals surface area contributed by atoms with Gasteiger partial charge in [-0.1, -0.05) is 6.92 Å². The van der Waals surface area contributed by atoms with Gasteiger partial charge in [0.1, 0.15) is 11.5 Å². The lowest BCUT2D eigenvalue weighted by molar-refractivity contribution is 0.0946. The zero-order valence-corrected chi connectivity index (χ0v) is 19.0. The molecule has 2 aliphatic rings. The normalized spacial score (nSPS) is 16.9. The molecule has 1 amide bonds. The molecule has 9 heteroatoms. The van der Waals surface area contributed by atoms with Crippen molar-refractivity contribution < 1.29 is 4.79 Å². The molecular weight excluding hydrogens is 410 g/mol. The van der Waals surface area contributed by atoms with Gasteiger partial charge < -0.3 is 14.9 Å². The van der Waals surface area contributed by atoms with Crippen molar-refractivity contribution in [2.75, 3.05) is 42.3 Å². The third kappa shape index (κ3) is 6.09. The standard InChI is InChI=1S/C22H31N7OS/c1-3-24-31-27-21-14-17(8-9-23-21)15-28-10-12-29(13-11-28)20-7-6-19(25-16(20)2)22(30)26-18-4-5-18/h6-9,14,18,24H,3-5,10-13,15H2,1-2H3,(H,23,27)(H,26,30). The third-order valence-electron chi connectivity index (χ3n) is 5.52. The molecule has 0 spiro atoms. The van der Waals surface area contributed by atoms with Gasteiger partial charge in [0.2, 0.25) is 0 Å². The summed E-state index contributed by atoms with van der Waals surface area (Å²) in [4.78, 5) is 26.0. The average Bonchev–Trinajstić information content (AvgIpc) is 3.59. The second kappa shape index (κ2) is 10.3. The number of piperazine rings is 1. The van der Waals surface area contributed by atoms with Crippen LogP contribution in [0.2, 0.25) is 0 Å². The molecule has 8 nitrogen and oxygen atoms in total. The van der Waals surface area contributed by atoms with Crippen molar-refractivity contribution in [2.24, 2.45) is 0 Å². The van der Waals surface area contributed by atoms with Crippen molar-refractivity contribution >= 4 is 29.5 Å². The molecule has 0 aromatic carbocycles. The molecule has 2 aromatic rings. The molecule has 0 unspecified atom stereocenters. The first-order valence-corrected chi connectivity index (χ1v) is 11.8. The Labute approximate surface area is 188 Å². The summed E-state index contributed by atoms with van der Waals surface area (Å²) in [5.74, 6) is 0.812. The van der Waals surface area contributed by atoms with E-state index in [1.54, 1.807) is 0 Å². The number of hydrogen-bond acceptors (Lipinski definition) is 8. The van der Waals surface area contributed by atoms with Gasteiger partial charge in [-0.3, -0.25) is 9.69 Å². The van der Waals surface area contributed by atoms with Crippen LogP contribution in [0, 0.1) is 6.92 Å². The highest BCUT2D eigenvalue weighted by atomic mass is 32.2. The number of nitrogens with one attached hydrogen (secondary N) is 3. The molecule has 31 heavy (non-hydrogen) atoms. The Bertz CT molecular complexity index is 897. The smallest absolute Gasteiger partial charge is 0.270 e. The fraction of sp³-hybridized carbons (Fsp3) is 0.500. The number of aromatic nitrogens is 2. The van der Waals surface area contributed by atoms with Crippen LogP contribution >= 0.6 is 12.1 Å². The van der Waals surface area contributed by atoms with Crippen LogP contribution in [0.5, 0.6) is 0 Å². The second-order valence-corrected chi connectivity index (χ2v) is 8.76. The number of rotatable bonds is 9. The number of pyridine rings is 2. The fourth-order valence-electron chi connectivity index (χ4n) is 3.70. The summed E-state index contributed by atoms with van der Waals surface area (Å²) in [5.41, 5.74) is 3.81. The SMILES string of the molecule is CCNSNc1cc(CN2CCN(c3ccc(C(=O)NC4CC4)nc3C)CC2)ccn1. The number of hydrogen-bond donors (Lipinski definition) is 3. The second-order valence-electron chi connectivity index (χ2n) is 8.06. The maximum absolute atomic E-state index is 12.2. The minimum atomic E-state index is -0.0583. The maximum atomic E-state index is 12.2. The molecule has 0 radical (unpaired) electrons. The number of anilines is 2. The van der Waals surface area contributed by atoms with Gasteiger partial charge in [-0.25, -0.2) is 14.7 Å². The predicted molar refractivity (Wildman–Crippen MR) is 126 cm³/mol. The van der Waals surface area contributed by atoms with Crippen LogP contribution in [0.3, 0.4) is 0 Å². The minimum absolute atomic E-state index is 0.0583. The number of carbonyl (C=O) groups is 1. The van der Waals surface area contributed by atoms with E-state index in [2.05, 4.69) is 53.6 Å². The molecule has 1 saturated carbocycles. The molecule has 2 aromatic heterocycles. The van der Waals surface area contributed by atoms with E-state index in [4.69, 9.17) is 0 Å². The van der Waals surface area contributed by atoms with E-state index in [0.717, 1.165) is 69.3 Å². The van der Waals surface area contributed by atoms with Crippen molar-refractivity contribution in [3.63, 3.8) is 0 Å². The predicted octanol–water partition coefficient (Wildman–Crippen LogP) is 2.58. The van der Waals surface area contributed by atoms with E-state index in [9.17, 15) is 4.79 Å². The molecule has 1 aliphatic heterocycles. The molecule has 3 heterocycles. The van der Waals surface area contributed by atoms with Gasteiger partial charge >= 0.3 is 0 Å². The first-order valence-electron chi connectivity index (χ1n) is 11.0. The number of nitrogens with zero attached hydrogens (tertiary/aromatic N) is 4. The lowest BCUT2D eigenvalue weighted by Gasteiger charge is -2.36. The first-order chi connectivity index (χ1) is 15.1. The summed E-state index contributed by atoms with van der Waals surface area (Å²) in [7, 11) is 0. The Kier molecular flexibility index (Phi) is 7.26. The van der Waals surface area contributed by atoms with Crippen molar-refractivity contribution in [3.8, 4) is 0 Å². The lowest BCUT2D eigenvalue weighted by atomic mass is 10.2. The average molecular weight is 442 g/mol. The maximum Gasteiger partial charge on any atom is 0.270 e. The quantitative estimate of drug-likeness (QED) is 0.404.